The summed E-state index contributed by atoms with van der Waals surface area (Å²) in [5.41, 5.74) is 0. The van der Waals surface area contributed by atoms with E-state index in [0.29, 0.717) is 0 Å². The van der Waals surface area contributed by atoms with E-state index in [1.807, 2.05) is 0 Å². The van der Waals surface area contributed by atoms with Crippen LogP contribution in [-0.2, 0) is 4.79 Å². The van der Waals surface area contributed by atoms with Crippen molar-refractivity contribution in [2.24, 2.45) is 0 Å². The molecule has 4 heteroatoms. The molecule has 0 fully saturated rings. The van der Waals surface area contributed by atoms with E-state index in [2.05, 4.69) is 6.92 Å². The quantitative estimate of drug-likeness (QED) is 0.262. The van der Waals surface area contributed by atoms with Gasteiger partial charge in [0.2, 0.25) is 0 Å². The topological polar surface area (TPSA) is 40.1 Å². The first-order chi connectivity index (χ1) is 9.77. The molecule has 0 aromatic rings. The van der Waals surface area contributed by atoms with E-state index in [0.717, 1.165) is 12.8 Å². The van der Waals surface area contributed by atoms with Crippen LogP contribution in [0, 0.1) is 0 Å². The van der Waals surface area contributed by atoms with Crippen LogP contribution in [0.25, 0.3) is 0 Å². The summed E-state index contributed by atoms with van der Waals surface area (Å²) in [4.78, 5) is 10.2. The van der Waals surface area contributed by atoms with Gasteiger partial charge in [-0.2, -0.15) is 0 Å². The van der Waals surface area contributed by atoms with Crippen LogP contribution >= 0.6 is 0 Å². The third-order valence-corrected chi connectivity index (χ3v) is 3.98. The SMILES string of the molecule is CCCCCCCCCCCCCCCCCC(=O)[O-].[Ba+2].[Cl-]. The molecule has 0 atom stereocenters. The summed E-state index contributed by atoms with van der Waals surface area (Å²) in [6.45, 7) is 2.27. The summed E-state index contributed by atoms with van der Waals surface area (Å²) in [6, 6.07) is 0. The average molecular weight is 456 g/mol. The van der Waals surface area contributed by atoms with Gasteiger partial charge >= 0.3 is 48.9 Å². The number of hydrogen-bond donors (Lipinski definition) is 0. The second-order valence-electron chi connectivity index (χ2n) is 6.07. The summed E-state index contributed by atoms with van der Waals surface area (Å²) in [5.74, 6) is -0.903. The van der Waals surface area contributed by atoms with E-state index in [-0.39, 0.29) is 67.7 Å². The molecular weight excluding hydrogens is 421 g/mol. The Kier molecular flexibility index (Phi) is 31.5. The molecule has 0 N–H and O–H groups in total. The van der Waals surface area contributed by atoms with Crippen molar-refractivity contribution in [1.82, 2.24) is 0 Å². The van der Waals surface area contributed by atoms with Gasteiger partial charge in [0.25, 0.3) is 0 Å². The van der Waals surface area contributed by atoms with Gasteiger partial charge in [0, 0.05) is 5.97 Å². The maximum atomic E-state index is 10.2. The van der Waals surface area contributed by atoms with Crippen molar-refractivity contribution in [2.45, 2.75) is 110 Å². The van der Waals surface area contributed by atoms with Crippen LogP contribution < -0.4 is 17.5 Å². The molecule has 0 aliphatic heterocycles. The molecule has 2 nitrogen and oxygen atoms in total. The van der Waals surface area contributed by atoms with E-state index in [9.17, 15) is 9.90 Å². The van der Waals surface area contributed by atoms with E-state index in [1.54, 1.807) is 0 Å². The molecule has 0 bridgehead atoms. The molecule has 0 rings (SSSR count). The van der Waals surface area contributed by atoms with Crippen LogP contribution in [-0.4, -0.2) is 54.9 Å². The fourth-order valence-corrected chi connectivity index (χ4v) is 2.64. The molecule has 0 radical (unpaired) electrons. The van der Waals surface area contributed by atoms with Crippen molar-refractivity contribution >= 4 is 54.9 Å². The van der Waals surface area contributed by atoms with Crippen LogP contribution in [0.3, 0.4) is 0 Å². The number of carbonyl (C=O) groups excluding carboxylic acids is 1. The summed E-state index contributed by atoms with van der Waals surface area (Å²) in [5, 5.41) is 10.2. The second kappa shape index (κ2) is 24.6. The molecule has 0 aliphatic carbocycles. The van der Waals surface area contributed by atoms with Crippen molar-refractivity contribution in [3.8, 4) is 0 Å². The number of halogens is 1. The Morgan fingerprint density at radius 1 is 0.636 bits per heavy atom. The maximum Gasteiger partial charge on any atom is 2.00 e. The standard InChI is InChI=1S/C18H36O2.Ba.ClH/c1-2-3-4-5-6-7-8-9-10-11-12-13-14-15-16-17-18(19)20;;/h2-17H2,1H3,(H,19,20);;1H/q;+2;/p-2. The first-order valence-corrected chi connectivity index (χ1v) is 8.97. The molecule has 22 heavy (non-hydrogen) atoms. The predicted octanol–water partition coefficient (Wildman–Crippen LogP) is 1.62. The fourth-order valence-electron chi connectivity index (χ4n) is 2.64. The largest absolute Gasteiger partial charge is 2.00 e. The first-order valence-electron chi connectivity index (χ1n) is 8.97. The zero-order valence-electron chi connectivity index (χ0n) is 14.7. The molecule has 0 aliphatic rings. The molecule has 128 valence electrons. The third-order valence-electron chi connectivity index (χ3n) is 3.98. The van der Waals surface area contributed by atoms with Gasteiger partial charge in [0.1, 0.15) is 0 Å². The Morgan fingerprint density at radius 2 is 0.909 bits per heavy atom. The summed E-state index contributed by atoms with van der Waals surface area (Å²) in [7, 11) is 0. The Hall–Kier alpha value is 1.33. The Balaban J connectivity index is -0.00000180. The van der Waals surface area contributed by atoms with Crippen LogP contribution in [0.4, 0.5) is 0 Å². The number of hydrogen-bond acceptors (Lipinski definition) is 2. The van der Waals surface area contributed by atoms with Crippen LogP contribution in [0.5, 0.6) is 0 Å². The molecule has 0 unspecified atom stereocenters. The minimum absolute atomic E-state index is 0. The minimum Gasteiger partial charge on any atom is -1.00 e. The number of aliphatic carboxylic acids is 1. The van der Waals surface area contributed by atoms with Crippen LogP contribution in [0.2, 0.25) is 0 Å². The first kappa shape index (κ1) is 28.1. The van der Waals surface area contributed by atoms with E-state index in [4.69, 9.17) is 0 Å². The Morgan fingerprint density at radius 3 is 1.18 bits per heavy atom. The maximum absolute atomic E-state index is 10.2. The average Bonchev–Trinajstić information content (AvgIpc) is 2.43. The molecule has 0 saturated heterocycles. The van der Waals surface area contributed by atoms with Gasteiger partial charge < -0.3 is 22.3 Å². The minimum atomic E-state index is -0.903. The van der Waals surface area contributed by atoms with E-state index >= 15 is 0 Å². The fraction of sp³-hybridized carbons (Fsp3) is 0.944. The van der Waals surface area contributed by atoms with Gasteiger partial charge in [0.15, 0.2) is 0 Å². The zero-order chi connectivity index (χ0) is 14.9. The Bertz CT molecular complexity index is 213. The van der Waals surface area contributed by atoms with Crippen LogP contribution in [0.1, 0.15) is 110 Å². The zero-order valence-corrected chi connectivity index (χ0v) is 19.9. The van der Waals surface area contributed by atoms with Gasteiger partial charge in [-0.1, -0.05) is 96.8 Å². The van der Waals surface area contributed by atoms with E-state index in [1.165, 1.54) is 83.5 Å². The van der Waals surface area contributed by atoms with Gasteiger partial charge in [-0.25, -0.2) is 0 Å². The molecule has 0 aromatic carbocycles. The molecule has 0 aromatic heterocycles. The van der Waals surface area contributed by atoms with Crippen molar-refractivity contribution in [3.63, 3.8) is 0 Å². The molecular formula is C18H35BaClO2. The van der Waals surface area contributed by atoms with Crippen molar-refractivity contribution in [2.75, 3.05) is 0 Å². The number of carbonyl (C=O) groups is 1. The van der Waals surface area contributed by atoms with Crippen molar-refractivity contribution < 1.29 is 22.3 Å². The smallest absolute Gasteiger partial charge is 1.00 e. The van der Waals surface area contributed by atoms with E-state index < -0.39 is 5.97 Å². The molecule has 0 spiro atoms. The third kappa shape index (κ3) is 26.2. The van der Waals surface area contributed by atoms with Crippen molar-refractivity contribution in [1.29, 1.82) is 0 Å². The summed E-state index contributed by atoms with van der Waals surface area (Å²) >= 11 is 0. The van der Waals surface area contributed by atoms with Crippen molar-refractivity contribution in [3.05, 3.63) is 0 Å². The second-order valence-corrected chi connectivity index (χ2v) is 6.07. The van der Waals surface area contributed by atoms with Gasteiger partial charge in [0.05, 0.1) is 0 Å². The number of carboxylic acid groups (broad SMARTS) is 1. The molecule has 0 amide bonds. The van der Waals surface area contributed by atoms with Crippen LogP contribution in [0.15, 0.2) is 0 Å². The number of unbranched alkanes of at least 4 members (excludes halogenated alkanes) is 14. The normalized spacial score (nSPS) is 9.86. The summed E-state index contributed by atoms with van der Waals surface area (Å²) in [6.07, 6.45) is 19.9. The van der Waals surface area contributed by atoms with Gasteiger partial charge in [-0.15, -0.1) is 0 Å². The summed E-state index contributed by atoms with van der Waals surface area (Å²) < 4.78 is 0. The number of rotatable bonds is 16. The molecule has 0 saturated carbocycles. The number of carboxylic acids is 1. The predicted molar refractivity (Wildman–Crippen MR) is 90.3 cm³/mol. The molecule has 0 heterocycles. The van der Waals surface area contributed by atoms with Gasteiger partial charge in [-0.3, -0.25) is 0 Å². The Labute approximate surface area is 185 Å². The monoisotopic (exact) mass is 456 g/mol. The van der Waals surface area contributed by atoms with Gasteiger partial charge in [-0.05, 0) is 12.8 Å².